The lowest BCUT2D eigenvalue weighted by atomic mass is 10.1. The van der Waals surface area contributed by atoms with E-state index in [0.717, 1.165) is 0 Å². The molecular formula is C13H17ClN2O3. The van der Waals surface area contributed by atoms with E-state index in [1.807, 2.05) is 0 Å². The summed E-state index contributed by atoms with van der Waals surface area (Å²) in [4.78, 5) is 24.6. The molecule has 0 heterocycles. The normalized spacial score (nSPS) is 10.1. The van der Waals surface area contributed by atoms with Gasteiger partial charge in [0, 0.05) is 36.3 Å². The highest BCUT2D eigenvalue weighted by Crippen LogP contribution is 2.17. The standard InChI is InChI=1S/C13H17ClN2O3/c1-16(5-3-4-12(17)19-2)13(18)9-6-10(14)8-11(15)7-9/h6-8H,3-5,15H2,1-2H3. The SMILES string of the molecule is COC(=O)CCCN(C)C(=O)c1cc(N)cc(Cl)c1. The van der Waals surface area contributed by atoms with Crippen LogP contribution < -0.4 is 5.73 Å². The van der Waals surface area contributed by atoms with Crippen LogP contribution in [0.25, 0.3) is 0 Å². The van der Waals surface area contributed by atoms with E-state index in [0.29, 0.717) is 29.2 Å². The summed E-state index contributed by atoms with van der Waals surface area (Å²) in [5, 5.41) is 0.423. The van der Waals surface area contributed by atoms with E-state index in [4.69, 9.17) is 17.3 Å². The Kier molecular flexibility index (Phi) is 5.63. The van der Waals surface area contributed by atoms with Gasteiger partial charge in [-0.2, -0.15) is 0 Å². The van der Waals surface area contributed by atoms with E-state index in [-0.39, 0.29) is 18.3 Å². The Bertz CT molecular complexity index is 457. The first-order valence-electron chi connectivity index (χ1n) is 5.82. The second-order valence-corrected chi connectivity index (χ2v) is 4.62. The summed E-state index contributed by atoms with van der Waals surface area (Å²) in [6.07, 6.45) is 0.830. The van der Waals surface area contributed by atoms with Crippen LogP contribution in [0.5, 0.6) is 0 Å². The Morgan fingerprint density at radius 2 is 2.05 bits per heavy atom. The van der Waals surface area contributed by atoms with E-state index < -0.39 is 0 Å². The quantitative estimate of drug-likeness (QED) is 0.662. The van der Waals surface area contributed by atoms with Gasteiger partial charge in [-0.25, -0.2) is 0 Å². The maximum Gasteiger partial charge on any atom is 0.305 e. The van der Waals surface area contributed by atoms with Crippen LogP contribution in [0.4, 0.5) is 5.69 Å². The van der Waals surface area contributed by atoms with Crippen molar-refractivity contribution in [2.75, 3.05) is 26.4 Å². The zero-order chi connectivity index (χ0) is 14.4. The van der Waals surface area contributed by atoms with Crippen molar-refractivity contribution in [1.82, 2.24) is 4.90 Å². The summed E-state index contributed by atoms with van der Waals surface area (Å²) < 4.78 is 4.53. The Hall–Kier alpha value is -1.75. The number of hydrogen-bond acceptors (Lipinski definition) is 4. The molecule has 0 aliphatic carbocycles. The number of benzene rings is 1. The molecule has 104 valence electrons. The number of halogens is 1. The Labute approximate surface area is 117 Å². The average molecular weight is 285 g/mol. The lowest BCUT2D eigenvalue weighted by Gasteiger charge is -2.17. The van der Waals surface area contributed by atoms with Gasteiger partial charge in [0.2, 0.25) is 0 Å². The van der Waals surface area contributed by atoms with Crippen LogP contribution in [0.2, 0.25) is 5.02 Å². The van der Waals surface area contributed by atoms with Gasteiger partial charge >= 0.3 is 5.97 Å². The Morgan fingerprint density at radius 1 is 1.37 bits per heavy atom. The molecule has 0 aliphatic rings. The van der Waals surface area contributed by atoms with Gasteiger partial charge in [0.25, 0.3) is 5.91 Å². The Balaban J connectivity index is 2.59. The van der Waals surface area contributed by atoms with E-state index >= 15 is 0 Å². The third-order valence-electron chi connectivity index (χ3n) is 2.62. The molecule has 0 spiro atoms. The minimum atomic E-state index is -0.284. The molecular weight excluding hydrogens is 268 g/mol. The number of nitrogens with two attached hydrogens (primary N) is 1. The first-order chi connectivity index (χ1) is 8.93. The molecule has 0 bridgehead atoms. The Morgan fingerprint density at radius 3 is 2.63 bits per heavy atom. The van der Waals surface area contributed by atoms with Gasteiger partial charge in [0.15, 0.2) is 0 Å². The highest BCUT2D eigenvalue weighted by molar-refractivity contribution is 6.31. The molecule has 6 heteroatoms. The third kappa shape index (κ3) is 4.79. The van der Waals surface area contributed by atoms with Gasteiger partial charge in [0.1, 0.15) is 0 Å². The summed E-state index contributed by atoms with van der Waals surface area (Å²) in [7, 11) is 3.00. The molecule has 0 saturated heterocycles. The maximum absolute atomic E-state index is 12.1. The molecule has 1 aromatic rings. The summed E-state index contributed by atoms with van der Waals surface area (Å²) in [6, 6.07) is 4.72. The van der Waals surface area contributed by atoms with E-state index in [1.165, 1.54) is 12.0 Å². The molecule has 0 atom stereocenters. The molecule has 0 aromatic heterocycles. The second kappa shape index (κ2) is 6.99. The maximum atomic E-state index is 12.1. The van der Waals surface area contributed by atoms with Crippen LogP contribution in [0.3, 0.4) is 0 Å². The van der Waals surface area contributed by atoms with Crippen molar-refractivity contribution in [2.45, 2.75) is 12.8 Å². The number of esters is 1. The van der Waals surface area contributed by atoms with Crippen LogP contribution >= 0.6 is 11.6 Å². The van der Waals surface area contributed by atoms with Crippen molar-refractivity contribution < 1.29 is 14.3 Å². The number of carbonyl (C=O) groups excluding carboxylic acids is 2. The predicted molar refractivity (Wildman–Crippen MR) is 74.1 cm³/mol. The molecule has 0 saturated carbocycles. The van der Waals surface area contributed by atoms with Crippen molar-refractivity contribution in [3.05, 3.63) is 28.8 Å². The number of amides is 1. The molecule has 5 nitrogen and oxygen atoms in total. The smallest absolute Gasteiger partial charge is 0.305 e. The number of methoxy groups -OCH3 is 1. The molecule has 1 amide bonds. The number of ether oxygens (including phenoxy) is 1. The van der Waals surface area contributed by atoms with Crippen molar-refractivity contribution >= 4 is 29.2 Å². The molecule has 1 aromatic carbocycles. The topological polar surface area (TPSA) is 72.6 Å². The summed E-state index contributed by atoms with van der Waals surface area (Å²) in [6.45, 7) is 0.459. The number of rotatable bonds is 5. The summed E-state index contributed by atoms with van der Waals surface area (Å²) >= 11 is 5.85. The molecule has 19 heavy (non-hydrogen) atoms. The number of hydrogen-bond donors (Lipinski definition) is 1. The largest absolute Gasteiger partial charge is 0.469 e. The van der Waals surface area contributed by atoms with Crippen molar-refractivity contribution in [3.63, 3.8) is 0 Å². The van der Waals surface area contributed by atoms with Crippen LogP contribution in [0.1, 0.15) is 23.2 Å². The van der Waals surface area contributed by atoms with Gasteiger partial charge in [-0.05, 0) is 24.6 Å². The fourth-order valence-electron chi connectivity index (χ4n) is 1.62. The minimum absolute atomic E-state index is 0.181. The number of nitrogen functional groups attached to an aromatic ring is 1. The number of anilines is 1. The van der Waals surface area contributed by atoms with Gasteiger partial charge in [0.05, 0.1) is 7.11 Å². The minimum Gasteiger partial charge on any atom is -0.469 e. The van der Waals surface area contributed by atoms with Crippen molar-refractivity contribution in [1.29, 1.82) is 0 Å². The van der Waals surface area contributed by atoms with Crippen LogP contribution in [0.15, 0.2) is 18.2 Å². The lowest BCUT2D eigenvalue weighted by molar-refractivity contribution is -0.140. The molecule has 2 N–H and O–H groups in total. The zero-order valence-electron chi connectivity index (χ0n) is 11.0. The van der Waals surface area contributed by atoms with Gasteiger partial charge < -0.3 is 15.4 Å². The number of nitrogens with zero attached hydrogens (tertiary/aromatic N) is 1. The first-order valence-corrected chi connectivity index (χ1v) is 6.20. The zero-order valence-corrected chi connectivity index (χ0v) is 11.7. The average Bonchev–Trinajstić information content (AvgIpc) is 2.36. The summed E-state index contributed by atoms with van der Waals surface area (Å²) in [5.41, 5.74) is 6.52. The fourth-order valence-corrected chi connectivity index (χ4v) is 1.86. The highest BCUT2D eigenvalue weighted by atomic mass is 35.5. The van der Waals surface area contributed by atoms with Gasteiger partial charge in [-0.1, -0.05) is 11.6 Å². The van der Waals surface area contributed by atoms with E-state index in [9.17, 15) is 9.59 Å². The van der Waals surface area contributed by atoms with Crippen molar-refractivity contribution in [2.24, 2.45) is 0 Å². The molecule has 0 aliphatic heterocycles. The monoisotopic (exact) mass is 284 g/mol. The van der Waals surface area contributed by atoms with Crippen LogP contribution in [-0.2, 0) is 9.53 Å². The summed E-state index contributed by atoms with van der Waals surface area (Å²) in [5.74, 6) is -0.466. The predicted octanol–water partition coefficient (Wildman–Crippen LogP) is 1.95. The molecule has 0 fully saturated rings. The third-order valence-corrected chi connectivity index (χ3v) is 2.83. The van der Waals surface area contributed by atoms with Gasteiger partial charge in [-0.3, -0.25) is 9.59 Å². The highest BCUT2D eigenvalue weighted by Gasteiger charge is 2.13. The van der Waals surface area contributed by atoms with E-state index in [1.54, 1.807) is 25.2 Å². The van der Waals surface area contributed by atoms with Crippen LogP contribution in [0, 0.1) is 0 Å². The number of carbonyl (C=O) groups is 2. The second-order valence-electron chi connectivity index (χ2n) is 4.18. The molecule has 0 unspecified atom stereocenters. The van der Waals surface area contributed by atoms with Gasteiger partial charge in [-0.15, -0.1) is 0 Å². The molecule has 0 radical (unpaired) electrons. The van der Waals surface area contributed by atoms with E-state index in [2.05, 4.69) is 4.74 Å². The molecule has 1 rings (SSSR count). The van der Waals surface area contributed by atoms with Crippen molar-refractivity contribution in [3.8, 4) is 0 Å². The fraction of sp³-hybridized carbons (Fsp3) is 0.385. The first kappa shape index (κ1) is 15.3. The van der Waals surface area contributed by atoms with Crippen LogP contribution in [-0.4, -0.2) is 37.5 Å². The lowest BCUT2D eigenvalue weighted by Crippen LogP contribution is -2.28.